The first-order chi connectivity index (χ1) is 9.38. The first-order valence-corrected chi connectivity index (χ1v) is 7.51. The third-order valence-corrected chi connectivity index (χ3v) is 3.94. The quantitative estimate of drug-likeness (QED) is 0.424. The predicted octanol–water partition coefficient (Wildman–Crippen LogP) is 1.01. The summed E-state index contributed by atoms with van der Waals surface area (Å²) in [5.41, 5.74) is -0.779. The fourth-order valence-corrected chi connectivity index (χ4v) is 2.70. The van der Waals surface area contributed by atoms with Crippen molar-refractivity contribution in [3.63, 3.8) is 0 Å². The van der Waals surface area contributed by atoms with Crippen molar-refractivity contribution in [3.05, 3.63) is 34.1 Å². The summed E-state index contributed by atoms with van der Waals surface area (Å²) in [6.07, 6.45) is 0.913. The molecule has 0 saturated heterocycles. The molecule has 0 saturated carbocycles. The standard InChI is InChI=1S/C11H16FN3O4S/c1-2-5-13-6-7-14-20(18,19)11-4-3-9(12)8-10(11)15(16)17/h3-4,8,13-14H,2,5-7H2,1H3. The molecule has 0 bridgehead atoms. The number of rotatable bonds is 8. The molecule has 0 unspecified atom stereocenters. The maximum Gasteiger partial charge on any atom is 0.292 e. The van der Waals surface area contributed by atoms with Gasteiger partial charge in [-0.2, -0.15) is 0 Å². The molecule has 20 heavy (non-hydrogen) atoms. The van der Waals surface area contributed by atoms with Gasteiger partial charge in [-0.05, 0) is 25.1 Å². The molecule has 0 aliphatic heterocycles. The number of halogens is 1. The van der Waals surface area contributed by atoms with Gasteiger partial charge in [-0.25, -0.2) is 17.5 Å². The molecule has 0 radical (unpaired) electrons. The van der Waals surface area contributed by atoms with Crippen molar-refractivity contribution in [1.82, 2.24) is 10.0 Å². The minimum atomic E-state index is -4.04. The minimum absolute atomic E-state index is 0.0941. The van der Waals surface area contributed by atoms with Crippen molar-refractivity contribution in [1.29, 1.82) is 0 Å². The normalized spacial score (nSPS) is 11.5. The summed E-state index contributed by atoms with van der Waals surface area (Å²) in [6.45, 7) is 3.22. The Labute approximate surface area is 116 Å². The number of sulfonamides is 1. The number of nitro groups is 1. The lowest BCUT2D eigenvalue weighted by Crippen LogP contribution is -2.32. The molecule has 0 aromatic heterocycles. The van der Waals surface area contributed by atoms with Crippen molar-refractivity contribution in [3.8, 4) is 0 Å². The Morgan fingerprint density at radius 2 is 2.00 bits per heavy atom. The molecule has 0 heterocycles. The third kappa shape index (κ3) is 4.51. The van der Waals surface area contributed by atoms with Crippen LogP contribution in [0.25, 0.3) is 0 Å². The van der Waals surface area contributed by atoms with E-state index in [-0.39, 0.29) is 6.54 Å². The average molecular weight is 305 g/mol. The Balaban J connectivity index is 2.84. The highest BCUT2D eigenvalue weighted by atomic mass is 32.2. The molecule has 9 heteroatoms. The predicted molar refractivity (Wildman–Crippen MR) is 71.4 cm³/mol. The SMILES string of the molecule is CCCNCCNS(=O)(=O)c1ccc(F)cc1[N+](=O)[O-]. The van der Waals surface area contributed by atoms with Crippen molar-refractivity contribution in [2.75, 3.05) is 19.6 Å². The van der Waals surface area contributed by atoms with Gasteiger partial charge in [0.25, 0.3) is 5.69 Å². The molecule has 0 spiro atoms. The maximum atomic E-state index is 13.0. The topological polar surface area (TPSA) is 101 Å². The smallest absolute Gasteiger partial charge is 0.292 e. The van der Waals surface area contributed by atoms with Gasteiger partial charge in [-0.15, -0.1) is 0 Å². The van der Waals surface area contributed by atoms with Crippen LogP contribution in [-0.4, -0.2) is 33.0 Å². The highest BCUT2D eigenvalue weighted by molar-refractivity contribution is 7.89. The van der Waals surface area contributed by atoms with Crippen LogP contribution in [0.4, 0.5) is 10.1 Å². The molecule has 1 aromatic carbocycles. The van der Waals surface area contributed by atoms with Crippen molar-refractivity contribution < 1.29 is 17.7 Å². The van der Waals surface area contributed by atoms with Gasteiger partial charge in [0, 0.05) is 13.1 Å². The molecule has 1 aromatic rings. The minimum Gasteiger partial charge on any atom is -0.315 e. The molecular formula is C11H16FN3O4S. The number of nitro benzene ring substituents is 1. The van der Waals surface area contributed by atoms with E-state index in [0.29, 0.717) is 12.6 Å². The highest BCUT2D eigenvalue weighted by Crippen LogP contribution is 2.24. The lowest BCUT2D eigenvalue weighted by atomic mass is 10.3. The Hall–Kier alpha value is -1.58. The van der Waals surface area contributed by atoms with E-state index in [4.69, 9.17) is 0 Å². The van der Waals surface area contributed by atoms with Gasteiger partial charge in [-0.3, -0.25) is 10.1 Å². The molecular weight excluding hydrogens is 289 g/mol. The van der Waals surface area contributed by atoms with Gasteiger partial charge in [0.15, 0.2) is 4.90 Å². The highest BCUT2D eigenvalue weighted by Gasteiger charge is 2.25. The van der Waals surface area contributed by atoms with Gasteiger partial charge in [0.05, 0.1) is 11.0 Å². The van der Waals surface area contributed by atoms with Gasteiger partial charge < -0.3 is 5.32 Å². The second-order valence-electron chi connectivity index (χ2n) is 4.02. The zero-order chi connectivity index (χ0) is 15.2. The zero-order valence-electron chi connectivity index (χ0n) is 10.9. The number of hydrogen-bond acceptors (Lipinski definition) is 5. The first kappa shape index (κ1) is 16.5. The van der Waals surface area contributed by atoms with Crippen molar-refractivity contribution in [2.45, 2.75) is 18.2 Å². The van der Waals surface area contributed by atoms with Crippen LogP contribution in [0.5, 0.6) is 0 Å². The fourth-order valence-electron chi connectivity index (χ4n) is 1.51. The summed E-state index contributed by atoms with van der Waals surface area (Å²) >= 11 is 0. The van der Waals surface area contributed by atoms with Crippen LogP contribution in [0.3, 0.4) is 0 Å². The van der Waals surface area contributed by atoms with E-state index in [1.807, 2.05) is 6.92 Å². The van der Waals surface area contributed by atoms with Gasteiger partial charge in [0.2, 0.25) is 10.0 Å². The number of hydrogen-bond donors (Lipinski definition) is 2. The van der Waals surface area contributed by atoms with Crippen LogP contribution in [0.1, 0.15) is 13.3 Å². The average Bonchev–Trinajstić information content (AvgIpc) is 2.38. The number of nitrogens with zero attached hydrogens (tertiary/aromatic N) is 1. The van der Waals surface area contributed by atoms with E-state index in [0.717, 1.165) is 25.1 Å². The summed E-state index contributed by atoms with van der Waals surface area (Å²) < 4.78 is 39.1. The second kappa shape index (κ2) is 7.27. The van der Waals surface area contributed by atoms with Crippen molar-refractivity contribution >= 4 is 15.7 Å². The van der Waals surface area contributed by atoms with Gasteiger partial charge in [0.1, 0.15) is 5.82 Å². The van der Waals surface area contributed by atoms with E-state index in [1.165, 1.54) is 0 Å². The lowest BCUT2D eigenvalue weighted by molar-refractivity contribution is -0.388. The van der Waals surface area contributed by atoms with Crippen LogP contribution < -0.4 is 10.0 Å². The molecule has 112 valence electrons. The molecule has 0 aliphatic rings. The molecule has 0 atom stereocenters. The van der Waals surface area contributed by atoms with E-state index in [2.05, 4.69) is 10.0 Å². The fraction of sp³-hybridized carbons (Fsp3) is 0.455. The summed E-state index contributed by atoms with van der Waals surface area (Å²) in [7, 11) is -4.04. The summed E-state index contributed by atoms with van der Waals surface area (Å²) in [6, 6.07) is 2.34. The third-order valence-electron chi connectivity index (χ3n) is 2.43. The Kier molecular flexibility index (Phi) is 5.99. The van der Waals surface area contributed by atoms with E-state index in [9.17, 15) is 22.9 Å². The Bertz CT molecular complexity index is 577. The molecule has 7 nitrogen and oxygen atoms in total. The summed E-state index contributed by atoms with van der Waals surface area (Å²) in [5, 5.41) is 13.8. The van der Waals surface area contributed by atoms with Crippen LogP contribution in [0.2, 0.25) is 0 Å². The first-order valence-electron chi connectivity index (χ1n) is 6.03. The summed E-state index contributed by atoms with van der Waals surface area (Å²) in [5.74, 6) is -0.861. The largest absolute Gasteiger partial charge is 0.315 e. The Morgan fingerprint density at radius 1 is 1.30 bits per heavy atom. The van der Waals surface area contributed by atoms with Crippen LogP contribution >= 0.6 is 0 Å². The molecule has 1 rings (SSSR count). The van der Waals surface area contributed by atoms with Gasteiger partial charge in [-0.1, -0.05) is 6.92 Å². The molecule has 0 aliphatic carbocycles. The monoisotopic (exact) mass is 305 g/mol. The van der Waals surface area contributed by atoms with Crippen LogP contribution in [0.15, 0.2) is 23.1 Å². The zero-order valence-corrected chi connectivity index (χ0v) is 11.7. The lowest BCUT2D eigenvalue weighted by Gasteiger charge is -2.08. The number of nitrogens with one attached hydrogen (secondary N) is 2. The van der Waals surface area contributed by atoms with Crippen molar-refractivity contribution in [2.24, 2.45) is 0 Å². The van der Waals surface area contributed by atoms with Crippen LogP contribution in [0, 0.1) is 15.9 Å². The second-order valence-corrected chi connectivity index (χ2v) is 5.75. The maximum absolute atomic E-state index is 13.0. The molecule has 0 amide bonds. The van der Waals surface area contributed by atoms with E-state index in [1.54, 1.807) is 0 Å². The van der Waals surface area contributed by atoms with Crippen LogP contribution in [-0.2, 0) is 10.0 Å². The summed E-state index contributed by atoms with van der Waals surface area (Å²) in [4.78, 5) is 9.30. The molecule has 2 N–H and O–H groups in total. The van der Waals surface area contributed by atoms with Gasteiger partial charge >= 0.3 is 0 Å². The number of benzene rings is 1. The molecule has 0 fully saturated rings. The van der Waals surface area contributed by atoms with E-state index >= 15 is 0 Å². The van der Waals surface area contributed by atoms with E-state index < -0.39 is 31.3 Å². The Morgan fingerprint density at radius 3 is 2.60 bits per heavy atom.